The van der Waals surface area contributed by atoms with Crippen molar-refractivity contribution in [3.8, 4) is 5.75 Å². The third-order valence-corrected chi connectivity index (χ3v) is 3.26. The number of carbonyl (C=O) groups is 1. The van der Waals surface area contributed by atoms with Crippen LogP contribution in [0.3, 0.4) is 0 Å². The molecule has 2 aromatic rings. The maximum atomic E-state index is 12.7. The number of hydrogen-bond acceptors (Lipinski definition) is 3. The zero-order chi connectivity index (χ0) is 14.4. The molecule has 0 heterocycles. The molecule has 3 heteroatoms. The third-order valence-electron chi connectivity index (χ3n) is 3.26. The molecule has 2 rings (SSSR count). The van der Waals surface area contributed by atoms with E-state index in [4.69, 9.17) is 4.74 Å². The van der Waals surface area contributed by atoms with Gasteiger partial charge in [-0.05, 0) is 37.7 Å². The standard InChI is InChI=1S/C17H19NO2/c1-18-12-11-13-7-3-4-8-14(13)17(19)15-9-5-6-10-16(15)20-2/h3-10,18H,11-12H2,1-2H3. The Kier molecular flexibility index (Phi) is 4.91. The van der Waals surface area contributed by atoms with Gasteiger partial charge in [0.25, 0.3) is 0 Å². The topological polar surface area (TPSA) is 38.3 Å². The molecule has 0 unspecified atom stereocenters. The fraction of sp³-hybridized carbons (Fsp3) is 0.235. The predicted octanol–water partition coefficient (Wildman–Crippen LogP) is 2.69. The Bertz CT molecular complexity index is 593. The van der Waals surface area contributed by atoms with Crippen LogP contribution in [0.5, 0.6) is 5.75 Å². The van der Waals surface area contributed by atoms with Crippen LogP contribution < -0.4 is 10.1 Å². The Morgan fingerprint density at radius 2 is 1.70 bits per heavy atom. The van der Waals surface area contributed by atoms with Gasteiger partial charge in [0.1, 0.15) is 5.75 Å². The van der Waals surface area contributed by atoms with Gasteiger partial charge in [0.15, 0.2) is 5.78 Å². The molecule has 0 bridgehead atoms. The lowest BCUT2D eigenvalue weighted by molar-refractivity contribution is 0.103. The number of para-hydroxylation sites is 1. The van der Waals surface area contributed by atoms with Crippen molar-refractivity contribution in [3.63, 3.8) is 0 Å². The summed E-state index contributed by atoms with van der Waals surface area (Å²) in [5.41, 5.74) is 2.40. The first-order valence-corrected chi connectivity index (χ1v) is 6.68. The number of likely N-dealkylation sites (N-methyl/N-ethyl adjacent to an activating group) is 1. The normalized spacial score (nSPS) is 10.3. The Hall–Kier alpha value is -2.13. The van der Waals surface area contributed by atoms with E-state index in [-0.39, 0.29) is 5.78 Å². The van der Waals surface area contributed by atoms with Crippen molar-refractivity contribution in [2.75, 3.05) is 20.7 Å². The van der Waals surface area contributed by atoms with Crippen molar-refractivity contribution in [1.82, 2.24) is 5.32 Å². The number of ether oxygens (including phenoxy) is 1. The molecule has 0 fully saturated rings. The van der Waals surface area contributed by atoms with Crippen LogP contribution in [0.2, 0.25) is 0 Å². The fourth-order valence-corrected chi connectivity index (χ4v) is 2.20. The Morgan fingerprint density at radius 3 is 2.40 bits per heavy atom. The molecule has 0 aliphatic carbocycles. The van der Waals surface area contributed by atoms with Crippen molar-refractivity contribution in [2.45, 2.75) is 6.42 Å². The van der Waals surface area contributed by atoms with Gasteiger partial charge in [0.2, 0.25) is 0 Å². The number of rotatable bonds is 6. The average Bonchev–Trinajstić information content (AvgIpc) is 2.52. The smallest absolute Gasteiger partial charge is 0.197 e. The van der Waals surface area contributed by atoms with Crippen LogP contribution in [0.1, 0.15) is 21.5 Å². The van der Waals surface area contributed by atoms with Crippen LogP contribution in [-0.4, -0.2) is 26.5 Å². The molecule has 0 saturated carbocycles. The van der Waals surface area contributed by atoms with E-state index < -0.39 is 0 Å². The second-order valence-corrected chi connectivity index (χ2v) is 4.54. The number of carbonyl (C=O) groups excluding carboxylic acids is 1. The molecule has 0 aliphatic heterocycles. The van der Waals surface area contributed by atoms with E-state index in [1.807, 2.05) is 49.5 Å². The van der Waals surface area contributed by atoms with Gasteiger partial charge in [-0.3, -0.25) is 4.79 Å². The lowest BCUT2D eigenvalue weighted by Crippen LogP contribution is -2.13. The van der Waals surface area contributed by atoms with Crippen LogP contribution in [0.15, 0.2) is 48.5 Å². The van der Waals surface area contributed by atoms with Gasteiger partial charge in [-0.25, -0.2) is 0 Å². The van der Waals surface area contributed by atoms with E-state index in [2.05, 4.69) is 5.32 Å². The fourth-order valence-electron chi connectivity index (χ4n) is 2.20. The third kappa shape index (κ3) is 3.06. The second-order valence-electron chi connectivity index (χ2n) is 4.54. The molecule has 3 nitrogen and oxygen atoms in total. The van der Waals surface area contributed by atoms with E-state index in [1.54, 1.807) is 13.2 Å². The van der Waals surface area contributed by atoms with Crippen LogP contribution in [0.25, 0.3) is 0 Å². The first-order valence-electron chi connectivity index (χ1n) is 6.68. The SMILES string of the molecule is CNCCc1ccccc1C(=O)c1ccccc1OC. The Balaban J connectivity index is 2.38. The maximum absolute atomic E-state index is 12.7. The van der Waals surface area contributed by atoms with Crippen LogP contribution in [0, 0.1) is 0 Å². The maximum Gasteiger partial charge on any atom is 0.197 e. The summed E-state index contributed by atoms with van der Waals surface area (Å²) in [6.07, 6.45) is 0.827. The van der Waals surface area contributed by atoms with Crippen molar-refractivity contribution >= 4 is 5.78 Å². The van der Waals surface area contributed by atoms with Gasteiger partial charge in [-0.15, -0.1) is 0 Å². The van der Waals surface area contributed by atoms with Crippen molar-refractivity contribution < 1.29 is 9.53 Å². The van der Waals surface area contributed by atoms with Crippen molar-refractivity contribution in [3.05, 3.63) is 65.2 Å². The summed E-state index contributed by atoms with van der Waals surface area (Å²) >= 11 is 0. The molecule has 0 saturated heterocycles. The molecular weight excluding hydrogens is 250 g/mol. The molecule has 20 heavy (non-hydrogen) atoms. The first kappa shape index (κ1) is 14.3. The molecule has 0 radical (unpaired) electrons. The predicted molar refractivity (Wildman–Crippen MR) is 80.5 cm³/mol. The van der Waals surface area contributed by atoms with Crippen molar-refractivity contribution in [1.29, 1.82) is 0 Å². The van der Waals surface area contributed by atoms with Crippen molar-refractivity contribution in [2.24, 2.45) is 0 Å². The summed E-state index contributed by atoms with van der Waals surface area (Å²) < 4.78 is 5.28. The minimum absolute atomic E-state index is 0.00848. The Morgan fingerprint density at radius 1 is 1.05 bits per heavy atom. The highest BCUT2D eigenvalue weighted by Crippen LogP contribution is 2.22. The number of nitrogens with one attached hydrogen (secondary N) is 1. The quantitative estimate of drug-likeness (QED) is 0.819. The minimum atomic E-state index is 0.00848. The minimum Gasteiger partial charge on any atom is -0.496 e. The second kappa shape index (κ2) is 6.87. The summed E-state index contributed by atoms with van der Waals surface area (Å²) in [5, 5.41) is 3.11. The van der Waals surface area contributed by atoms with Gasteiger partial charge >= 0.3 is 0 Å². The lowest BCUT2D eigenvalue weighted by atomic mass is 9.96. The largest absolute Gasteiger partial charge is 0.496 e. The zero-order valence-electron chi connectivity index (χ0n) is 11.8. The summed E-state index contributed by atoms with van der Waals surface area (Å²) in [7, 11) is 3.49. The van der Waals surface area contributed by atoms with Gasteiger partial charge < -0.3 is 10.1 Å². The van der Waals surface area contributed by atoms with E-state index in [0.29, 0.717) is 11.3 Å². The first-order chi connectivity index (χ1) is 9.77. The molecule has 0 atom stereocenters. The van der Waals surface area contributed by atoms with Crippen LogP contribution >= 0.6 is 0 Å². The summed E-state index contributed by atoms with van der Waals surface area (Å²) in [5.74, 6) is 0.620. The van der Waals surface area contributed by atoms with Gasteiger partial charge in [-0.1, -0.05) is 36.4 Å². The summed E-state index contributed by atoms with van der Waals surface area (Å²) in [6, 6.07) is 15.1. The number of benzene rings is 2. The number of methoxy groups -OCH3 is 1. The summed E-state index contributed by atoms with van der Waals surface area (Å²) in [6.45, 7) is 0.843. The highest BCUT2D eigenvalue weighted by molar-refractivity contribution is 6.11. The molecular formula is C17H19NO2. The summed E-state index contributed by atoms with van der Waals surface area (Å²) in [4.78, 5) is 12.7. The molecule has 2 aromatic carbocycles. The molecule has 0 amide bonds. The van der Waals surface area contributed by atoms with E-state index >= 15 is 0 Å². The van der Waals surface area contributed by atoms with Crippen LogP contribution in [0.4, 0.5) is 0 Å². The molecule has 1 N–H and O–H groups in total. The van der Waals surface area contributed by atoms with Gasteiger partial charge in [0, 0.05) is 5.56 Å². The van der Waals surface area contributed by atoms with Gasteiger partial charge in [0.05, 0.1) is 12.7 Å². The van der Waals surface area contributed by atoms with E-state index in [9.17, 15) is 4.79 Å². The molecule has 104 valence electrons. The highest BCUT2D eigenvalue weighted by Gasteiger charge is 2.16. The van der Waals surface area contributed by atoms with E-state index in [1.165, 1.54) is 0 Å². The lowest BCUT2D eigenvalue weighted by Gasteiger charge is -2.11. The van der Waals surface area contributed by atoms with Gasteiger partial charge in [-0.2, -0.15) is 0 Å². The van der Waals surface area contributed by atoms with E-state index in [0.717, 1.165) is 24.1 Å². The zero-order valence-corrected chi connectivity index (χ0v) is 11.8. The molecule has 0 spiro atoms. The highest BCUT2D eigenvalue weighted by atomic mass is 16.5. The Labute approximate surface area is 119 Å². The molecule has 0 aliphatic rings. The molecule has 0 aromatic heterocycles. The number of ketones is 1. The number of hydrogen-bond donors (Lipinski definition) is 1. The van der Waals surface area contributed by atoms with Crippen LogP contribution in [-0.2, 0) is 6.42 Å². The monoisotopic (exact) mass is 269 g/mol. The average molecular weight is 269 g/mol.